The molecule has 0 saturated carbocycles. The highest BCUT2D eigenvalue weighted by molar-refractivity contribution is 9.10. The van der Waals surface area contributed by atoms with Gasteiger partial charge < -0.3 is 5.32 Å². The van der Waals surface area contributed by atoms with Crippen molar-refractivity contribution in [1.82, 2.24) is 0 Å². The SMILES string of the molecule is Cc1cc(C)c(C(C)Nc2ccc(Br)cc2C)cc1C. The molecule has 106 valence electrons. The van der Waals surface area contributed by atoms with E-state index in [1.54, 1.807) is 0 Å². The Balaban J connectivity index is 2.28. The first-order valence-electron chi connectivity index (χ1n) is 6.99. The maximum atomic E-state index is 3.62. The highest BCUT2D eigenvalue weighted by Gasteiger charge is 2.11. The molecule has 2 rings (SSSR count). The van der Waals surface area contributed by atoms with Gasteiger partial charge >= 0.3 is 0 Å². The van der Waals surface area contributed by atoms with Gasteiger partial charge in [-0.05, 0) is 80.6 Å². The number of rotatable bonds is 3. The van der Waals surface area contributed by atoms with E-state index in [4.69, 9.17) is 0 Å². The van der Waals surface area contributed by atoms with Gasteiger partial charge in [-0.15, -0.1) is 0 Å². The van der Waals surface area contributed by atoms with E-state index in [0.29, 0.717) is 6.04 Å². The van der Waals surface area contributed by atoms with Crippen LogP contribution in [0.25, 0.3) is 0 Å². The van der Waals surface area contributed by atoms with Crippen LogP contribution < -0.4 is 5.32 Å². The number of nitrogens with one attached hydrogen (secondary N) is 1. The van der Waals surface area contributed by atoms with E-state index in [-0.39, 0.29) is 0 Å². The smallest absolute Gasteiger partial charge is 0.0488 e. The predicted octanol–water partition coefficient (Wildman–Crippen LogP) is 5.86. The van der Waals surface area contributed by atoms with Gasteiger partial charge in [-0.3, -0.25) is 0 Å². The Bertz CT molecular complexity index is 632. The topological polar surface area (TPSA) is 12.0 Å². The zero-order chi connectivity index (χ0) is 14.9. The fourth-order valence-corrected chi connectivity index (χ4v) is 3.02. The number of halogens is 1. The molecule has 1 N–H and O–H groups in total. The molecule has 0 bridgehead atoms. The molecule has 0 aliphatic carbocycles. The van der Waals surface area contributed by atoms with Crippen LogP contribution in [0.15, 0.2) is 34.8 Å². The van der Waals surface area contributed by atoms with Gasteiger partial charge in [0.15, 0.2) is 0 Å². The lowest BCUT2D eigenvalue weighted by Crippen LogP contribution is -2.10. The van der Waals surface area contributed by atoms with E-state index in [9.17, 15) is 0 Å². The number of hydrogen-bond donors (Lipinski definition) is 1. The highest BCUT2D eigenvalue weighted by Crippen LogP contribution is 2.27. The van der Waals surface area contributed by atoms with Gasteiger partial charge in [0.05, 0.1) is 0 Å². The minimum Gasteiger partial charge on any atom is -0.378 e. The number of hydrogen-bond acceptors (Lipinski definition) is 1. The van der Waals surface area contributed by atoms with Crippen LogP contribution in [-0.2, 0) is 0 Å². The molecule has 0 fully saturated rings. The van der Waals surface area contributed by atoms with Crippen molar-refractivity contribution in [1.29, 1.82) is 0 Å². The van der Waals surface area contributed by atoms with E-state index in [2.05, 4.69) is 86.2 Å². The van der Waals surface area contributed by atoms with Crippen molar-refractivity contribution in [2.45, 2.75) is 40.7 Å². The molecule has 0 radical (unpaired) electrons. The monoisotopic (exact) mass is 331 g/mol. The maximum absolute atomic E-state index is 3.62. The van der Waals surface area contributed by atoms with Crippen LogP contribution in [0.5, 0.6) is 0 Å². The zero-order valence-corrected chi connectivity index (χ0v) is 14.4. The van der Waals surface area contributed by atoms with E-state index in [1.165, 1.54) is 33.5 Å². The third kappa shape index (κ3) is 3.24. The van der Waals surface area contributed by atoms with E-state index < -0.39 is 0 Å². The summed E-state index contributed by atoms with van der Waals surface area (Å²) in [5.41, 5.74) is 7.88. The van der Waals surface area contributed by atoms with Gasteiger partial charge in [-0.1, -0.05) is 28.1 Å². The number of anilines is 1. The summed E-state index contributed by atoms with van der Waals surface area (Å²) in [6.07, 6.45) is 0. The fraction of sp³-hybridized carbons (Fsp3) is 0.333. The first kappa shape index (κ1) is 15.1. The number of benzene rings is 2. The summed E-state index contributed by atoms with van der Waals surface area (Å²) in [6, 6.07) is 11.2. The molecule has 1 atom stereocenters. The Morgan fingerprint density at radius 3 is 2.15 bits per heavy atom. The van der Waals surface area contributed by atoms with Gasteiger partial charge in [-0.2, -0.15) is 0 Å². The van der Waals surface area contributed by atoms with Crippen LogP contribution in [0.1, 0.15) is 40.8 Å². The van der Waals surface area contributed by atoms with Crippen molar-refractivity contribution in [3.8, 4) is 0 Å². The second-order valence-electron chi connectivity index (χ2n) is 5.62. The standard InChI is InChI=1S/C18H22BrN/c1-11-8-13(3)17(10-12(11)2)15(5)20-18-7-6-16(19)9-14(18)4/h6-10,15,20H,1-5H3. The van der Waals surface area contributed by atoms with Crippen LogP contribution in [0.3, 0.4) is 0 Å². The van der Waals surface area contributed by atoms with Crippen molar-refractivity contribution in [3.63, 3.8) is 0 Å². The fourth-order valence-electron chi connectivity index (χ4n) is 2.55. The lowest BCUT2D eigenvalue weighted by molar-refractivity contribution is 0.868. The molecule has 0 aliphatic rings. The Labute approximate surface area is 130 Å². The van der Waals surface area contributed by atoms with Gasteiger partial charge in [0.25, 0.3) is 0 Å². The average molecular weight is 332 g/mol. The summed E-state index contributed by atoms with van der Waals surface area (Å²) in [6.45, 7) is 10.9. The predicted molar refractivity (Wildman–Crippen MR) is 91.6 cm³/mol. The van der Waals surface area contributed by atoms with Gasteiger partial charge in [0.2, 0.25) is 0 Å². The molecule has 0 heterocycles. The van der Waals surface area contributed by atoms with Gasteiger partial charge in [0.1, 0.15) is 0 Å². The second-order valence-corrected chi connectivity index (χ2v) is 6.53. The molecule has 0 aromatic heterocycles. The summed E-state index contributed by atoms with van der Waals surface area (Å²) >= 11 is 3.51. The van der Waals surface area contributed by atoms with Crippen LogP contribution in [0.2, 0.25) is 0 Å². The van der Waals surface area contributed by atoms with Crippen molar-refractivity contribution in [2.24, 2.45) is 0 Å². The summed E-state index contributed by atoms with van der Waals surface area (Å²) in [4.78, 5) is 0. The average Bonchev–Trinajstić information content (AvgIpc) is 2.37. The summed E-state index contributed by atoms with van der Waals surface area (Å²) < 4.78 is 1.12. The van der Waals surface area contributed by atoms with Crippen LogP contribution in [0, 0.1) is 27.7 Å². The first-order chi connectivity index (χ1) is 9.38. The van der Waals surface area contributed by atoms with Crippen LogP contribution in [-0.4, -0.2) is 0 Å². The van der Waals surface area contributed by atoms with Crippen molar-refractivity contribution < 1.29 is 0 Å². The number of aryl methyl sites for hydroxylation is 4. The molecule has 2 aromatic carbocycles. The quantitative estimate of drug-likeness (QED) is 0.743. The Morgan fingerprint density at radius 2 is 1.50 bits per heavy atom. The van der Waals surface area contributed by atoms with E-state index in [1.807, 2.05) is 0 Å². The third-order valence-corrected chi connectivity index (χ3v) is 4.40. The van der Waals surface area contributed by atoms with Crippen LogP contribution >= 0.6 is 15.9 Å². The molecular weight excluding hydrogens is 310 g/mol. The summed E-state index contributed by atoms with van der Waals surface area (Å²) in [5, 5.41) is 3.62. The second kappa shape index (κ2) is 6.01. The summed E-state index contributed by atoms with van der Waals surface area (Å²) in [7, 11) is 0. The molecule has 20 heavy (non-hydrogen) atoms. The molecule has 0 aliphatic heterocycles. The molecule has 0 amide bonds. The molecule has 2 heteroatoms. The molecule has 0 saturated heterocycles. The van der Waals surface area contributed by atoms with E-state index >= 15 is 0 Å². The third-order valence-electron chi connectivity index (χ3n) is 3.91. The van der Waals surface area contributed by atoms with Gasteiger partial charge in [-0.25, -0.2) is 0 Å². The van der Waals surface area contributed by atoms with Crippen molar-refractivity contribution in [3.05, 3.63) is 62.6 Å². The van der Waals surface area contributed by atoms with E-state index in [0.717, 1.165) is 4.47 Å². The normalized spacial score (nSPS) is 12.3. The lowest BCUT2D eigenvalue weighted by atomic mass is 9.96. The molecule has 1 unspecified atom stereocenters. The first-order valence-corrected chi connectivity index (χ1v) is 7.78. The highest BCUT2D eigenvalue weighted by atomic mass is 79.9. The van der Waals surface area contributed by atoms with Crippen molar-refractivity contribution in [2.75, 3.05) is 5.32 Å². The molecular formula is C18H22BrN. The largest absolute Gasteiger partial charge is 0.378 e. The molecule has 2 aromatic rings. The minimum absolute atomic E-state index is 0.300. The lowest BCUT2D eigenvalue weighted by Gasteiger charge is -2.20. The Hall–Kier alpha value is -1.28. The van der Waals surface area contributed by atoms with Gasteiger partial charge in [0, 0.05) is 16.2 Å². The molecule has 1 nitrogen and oxygen atoms in total. The molecule has 0 spiro atoms. The summed E-state index contributed by atoms with van der Waals surface area (Å²) in [5.74, 6) is 0. The Kier molecular flexibility index (Phi) is 4.54. The minimum atomic E-state index is 0.300. The Morgan fingerprint density at radius 1 is 0.850 bits per heavy atom. The maximum Gasteiger partial charge on any atom is 0.0488 e. The zero-order valence-electron chi connectivity index (χ0n) is 12.8. The van der Waals surface area contributed by atoms with Crippen molar-refractivity contribution >= 4 is 21.6 Å². The van der Waals surface area contributed by atoms with Crippen LogP contribution in [0.4, 0.5) is 5.69 Å².